The Morgan fingerprint density at radius 2 is 0.978 bits per heavy atom. The van der Waals surface area contributed by atoms with Crippen LogP contribution in [0.3, 0.4) is 0 Å². The van der Waals surface area contributed by atoms with Crippen LogP contribution in [0, 0.1) is 5.92 Å². The van der Waals surface area contributed by atoms with Crippen LogP contribution in [0.15, 0.2) is 0 Å². The molecule has 0 aromatic rings. The molecule has 0 aliphatic carbocycles. The first-order valence-electron chi connectivity index (χ1n) is 20.2. The van der Waals surface area contributed by atoms with Crippen LogP contribution in [-0.2, 0) is 28.5 Å². The number of ether oxygens (including phenoxy) is 4. The van der Waals surface area contributed by atoms with Gasteiger partial charge in [-0.15, -0.1) is 0 Å². The Hall–Kier alpha value is -1.14. The third-order valence-electron chi connectivity index (χ3n) is 10.1. The summed E-state index contributed by atoms with van der Waals surface area (Å²) in [6.07, 6.45) is 34.2. The molecule has 46 heavy (non-hydrogen) atoms. The minimum Gasteiger partial charge on any atom is -0.466 e. The van der Waals surface area contributed by atoms with Gasteiger partial charge in [-0.3, -0.25) is 9.59 Å². The summed E-state index contributed by atoms with van der Waals surface area (Å²) >= 11 is 0. The van der Waals surface area contributed by atoms with Gasteiger partial charge in [0, 0.05) is 6.42 Å². The van der Waals surface area contributed by atoms with Crippen LogP contribution in [0.2, 0.25) is 0 Å². The molecule has 0 bridgehead atoms. The van der Waals surface area contributed by atoms with Crippen molar-refractivity contribution in [3.05, 3.63) is 0 Å². The second-order valence-corrected chi connectivity index (χ2v) is 14.3. The van der Waals surface area contributed by atoms with Crippen molar-refractivity contribution < 1.29 is 28.5 Å². The Bertz CT molecular complexity index is 756. The molecule has 2 aliphatic heterocycles. The van der Waals surface area contributed by atoms with Crippen molar-refractivity contribution >= 4 is 11.9 Å². The second kappa shape index (κ2) is 26.8. The molecule has 0 N–H and O–H groups in total. The summed E-state index contributed by atoms with van der Waals surface area (Å²) in [5.41, 5.74) is 0. The van der Waals surface area contributed by atoms with E-state index in [-0.39, 0.29) is 35.9 Å². The van der Waals surface area contributed by atoms with Gasteiger partial charge in [0.15, 0.2) is 0 Å². The van der Waals surface area contributed by atoms with E-state index in [9.17, 15) is 9.59 Å². The minimum absolute atomic E-state index is 0.0162. The number of hydrogen-bond donors (Lipinski definition) is 0. The average molecular weight is 651 g/mol. The van der Waals surface area contributed by atoms with E-state index in [1.807, 2.05) is 0 Å². The van der Waals surface area contributed by atoms with Crippen molar-refractivity contribution in [1.29, 1.82) is 0 Å². The number of esters is 2. The molecule has 0 aromatic carbocycles. The molecular weight excluding hydrogens is 576 g/mol. The molecule has 2 fully saturated rings. The Balaban J connectivity index is 1.33. The number of unbranched alkanes of at least 4 members (excludes halogenated alkanes) is 20. The van der Waals surface area contributed by atoms with E-state index in [4.69, 9.17) is 18.9 Å². The van der Waals surface area contributed by atoms with Crippen LogP contribution < -0.4 is 0 Å². The smallest absolute Gasteiger partial charge is 0.308 e. The fraction of sp³-hybridized carbons (Fsp3) is 0.950. The van der Waals surface area contributed by atoms with Gasteiger partial charge in [0.2, 0.25) is 5.79 Å². The maximum absolute atomic E-state index is 12.5. The molecule has 1 spiro atoms. The van der Waals surface area contributed by atoms with E-state index in [1.54, 1.807) is 0 Å². The normalized spacial score (nSPS) is 20.6. The predicted molar refractivity (Wildman–Crippen MR) is 189 cm³/mol. The summed E-state index contributed by atoms with van der Waals surface area (Å²) in [5.74, 6) is -0.199. The standard InChI is InChI=1S/C40H74O6/c1-4-7-9-11-13-15-21-27-33-43-38(41)32-26-20-19-25-31-37-40(46-37)36(45-40)30-24-18-17-23-29-35(6-3)39(42)44-34-28-22-16-14-12-10-8-5-2/h35-37H,4-34H2,1-3H3. The molecule has 2 rings (SSSR count). The largest absolute Gasteiger partial charge is 0.466 e. The van der Waals surface area contributed by atoms with E-state index in [0.29, 0.717) is 19.6 Å². The molecule has 0 aromatic heterocycles. The second-order valence-electron chi connectivity index (χ2n) is 14.3. The van der Waals surface area contributed by atoms with Crippen molar-refractivity contribution in [2.45, 2.75) is 225 Å². The number of hydrogen-bond acceptors (Lipinski definition) is 6. The highest BCUT2D eigenvalue weighted by Crippen LogP contribution is 2.58. The van der Waals surface area contributed by atoms with Crippen LogP contribution in [0.4, 0.5) is 0 Å². The van der Waals surface area contributed by atoms with E-state index in [0.717, 1.165) is 77.0 Å². The molecule has 2 aliphatic rings. The molecule has 270 valence electrons. The Morgan fingerprint density at radius 1 is 0.543 bits per heavy atom. The van der Waals surface area contributed by atoms with E-state index in [1.165, 1.54) is 103 Å². The quantitative estimate of drug-likeness (QED) is 0.0392. The molecule has 0 saturated carbocycles. The minimum atomic E-state index is -0.245. The third kappa shape index (κ3) is 19.0. The molecule has 6 heteroatoms. The summed E-state index contributed by atoms with van der Waals surface area (Å²) in [5, 5.41) is 0. The number of rotatable bonds is 34. The monoisotopic (exact) mass is 651 g/mol. The summed E-state index contributed by atoms with van der Waals surface area (Å²) in [6.45, 7) is 7.79. The maximum Gasteiger partial charge on any atom is 0.308 e. The number of carbonyl (C=O) groups is 2. The van der Waals surface area contributed by atoms with Gasteiger partial charge in [-0.2, -0.15) is 0 Å². The van der Waals surface area contributed by atoms with Gasteiger partial charge in [-0.05, 0) is 44.9 Å². The highest BCUT2D eigenvalue weighted by atomic mass is 16.9. The van der Waals surface area contributed by atoms with Gasteiger partial charge in [-0.1, -0.05) is 156 Å². The average Bonchev–Trinajstić information content (AvgIpc) is 3.96. The highest BCUT2D eigenvalue weighted by Gasteiger charge is 2.75. The van der Waals surface area contributed by atoms with Gasteiger partial charge in [0.25, 0.3) is 0 Å². The number of carbonyl (C=O) groups excluding carboxylic acids is 2. The van der Waals surface area contributed by atoms with E-state index in [2.05, 4.69) is 20.8 Å². The van der Waals surface area contributed by atoms with Gasteiger partial charge in [-0.25, -0.2) is 0 Å². The lowest BCUT2D eigenvalue weighted by Gasteiger charge is -2.14. The summed E-state index contributed by atoms with van der Waals surface area (Å²) in [6, 6.07) is 0. The van der Waals surface area contributed by atoms with Crippen molar-refractivity contribution in [3.63, 3.8) is 0 Å². The van der Waals surface area contributed by atoms with E-state index >= 15 is 0 Å². The first-order chi connectivity index (χ1) is 22.6. The summed E-state index contributed by atoms with van der Waals surface area (Å²) < 4.78 is 22.9. The number of epoxide rings is 2. The molecule has 4 atom stereocenters. The highest BCUT2D eigenvalue weighted by molar-refractivity contribution is 5.72. The lowest BCUT2D eigenvalue weighted by atomic mass is 9.97. The predicted octanol–water partition coefficient (Wildman–Crippen LogP) is 11.6. The molecule has 6 nitrogen and oxygen atoms in total. The summed E-state index contributed by atoms with van der Waals surface area (Å²) in [4.78, 5) is 24.4. The Morgan fingerprint density at radius 3 is 1.50 bits per heavy atom. The van der Waals surface area contributed by atoms with Gasteiger partial charge < -0.3 is 18.9 Å². The van der Waals surface area contributed by atoms with Crippen LogP contribution >= 0.6 is 0 Å². The van der Waals surface area contributed by atoms with Crippen LogP contribution in [0.5, 0.6) is 0 Å². The fourth-order valence-electron chi connectivity index (χ4n) is 6.82. The lowest BCUT2D eigenvalue weighted by molar-refractivity contribution is -0.149. The van der Waals surface area contributed by atoms with Gasteiger partial charge in [0.1, 0.15) is 12.2 Å². The fourth-order valence-corrected chi connectivity index (χ4v) is 6.82. The first-order valence-corrected chi connectivity index (χ1v) is 20.2. The van der Waals surface area contributed by atoms with Gasteiger partial charge in [0.05, 0.1) is 19.1 Å². The zero-order valence-corrected chi connectivity index (χ0v) is 30.6. The molecule has 0 radical (unpaired) electrons. The third-order valence-corrected chi connectivity index (χ3v) is 10.1. The van der Waals surface area contributed by atoms with Crippen LogP contribution in [-0.4, -0.2) is 43.1 Å². The van der Waals surface area contributed by atoms with Crippen molar-refractivity contribution in [2.24, 2.45) is 5.92 Å². The lowest BCUT2D eigenvalue weighted by Crippen LogP contribution is -2.17. The molecule has 4 unspecified atom stereocenters. The van der Waals surface area contributed by atoms with E-state index < -0.39 is 0 Å². The SMILES string of the molecule is CCCCCCCCCCOC(=O)CCCCCCC1OC12OC2CCCCCCC(CC)C(=O)OCCCCCCCCCC. The molecule has 2 saturated heterocycles. The topological polar surface area (TPSA) is 77.7 Å². The Kier molecular flexibility index (Phi) is 23.9. The molecule has 0 amide bonds. The van der Waals surface area contributed by atoms with Crippen molar-refractivity contribution in [2.75, 3.05) is 13.2 Å². The van der Waals surface area contributed by atoms with Crippen LogP contribution in [0.1, 0.15) is 207 Å². The zero-order valence-electron chi connectivity index (χ0n) is 30.6. The zero-order chi connectivity index (χ0) is 33.1. The molecular formula is C40H74O6. The van der Waals surface area contributed by atoms with Crippen molar-refractivity contribution in [1.82, 2.24) is 0 Å². The van der Waals surface area contributed by atoms with Gasteiger partial charge >= 0.3 is 11.9 Å². The summed E-state index contributed by atoms with van der Waals surface area (Å²) in [7, 11) is 0. The van der Waals surface area contributed by atoms with Crippen LogP contribution in [0.25, 0.3) is 0 Å². The Labute approximate surface area is 284 Å². The molecule has 2 heterocycles. The van der Waals surface area contributed by atoms with Crippen molar-refractivity contribution in [3.8, 4) is 0 Å². The first kappa shape index (κ1) is 41.0. The maximum atomic E-state index is 12.5.